The van der Waals surface area contributed by atoms with Crippen LogP contribution in [0.25, 0.3) is 5.70 Å². The number of nitrogen functional groups attached to an aromatic ring is 1. The van der Waals surface area contributed by atoms with Gasteiger partial charge in [0.25, 0.3) is 0 Å². The number of nitrogens with zero attached hydrogens (tertiary/aromatic N) is 3. The lowest BCUT2D eigenvalue weighted by atomic mass is 10.1. The average Bonchev–Trinajstić information content (AvgIpc) is 2.73. The summed E-state index contributed by atoms with van der Waals surface area (Å²) in [7, 11) is 2.09. The monoisotopic (exact) mass is 468 g/mol. The molecule has 10 heteroatoms. The molecule has 1 aliphatic rings. The zero-order valence-corrected chi connectivity index (χ0v) is 19.0. The van der Waals surface area contributed by atoms with E-state index >= 15 is 0 Å². The Hall–Kier alpha value is -2.26. The van der Waals surface area contributed by atoms with Crippen LogP contribution in [0.2, 0.25) is 10.0 Å². The van der Waals surface area contributed by atoms with Gasteiger partial charge in [0.05, 0.1) is 10.7 Å². The predicted molar refractivity (Wildman–Crippen MR) is 123 cm³/mol. The van der Waals surface area contributed by atoms with Crippen LogP contribution in [0.3, 0.4) is 0 Å². The maximum Gasteiger partial charge on any atom is 0.166 e. The highest BCUT2D eigenvalue weighted by molar-refractivity contribution is 6.36. The van der Waals surface area contributed by atoms with E-state index in [1.54, 1.807) is 30.4 Å². The molecule has 6 N–H and O–H groups in total. The summed E-state index contributed by atoms with van der Waals surface area (Å²) in [5, 5.41) is 1.84. The van der Waals surface area contributed by atoms with Gasteiger partial charge < -0.3 is 26.1 Å². The van der Waals surface area contributed by atoms with Crippen LogP contribution in [0, 0.1) is 5.82 Å². The molecule has 0 radical (unpaired) electrons. The first-order chi connectivity index (χ1) is 14.7. The molecule has 0 amide bonds. The van der Waals surface area contributed by atoms with Crippen LogP contribution in [0.4, 0.5) is 10.2 Å². The normalized spacial score (nSPS) is 16.9. The minimum Gasteiger partial charge on any atom is -0.482 e. The Morgan fingerprint density at radius 3 is 2.71 bits per heavy atom. The molecule has 1 unspecified atom stereocenters. The van der Waals surface area contributed by atoms with E-state index in [2.05, 4.69) is 16.9 Å². The number of likely N-dealkylation sites (tertiary alicyclic amines) is 1. The molecule has 1 aromatic heterocycles. The first-order valence-electron chi connectivity index (χ1n) is 9.92. The van der Waals surface area contributed by atoms with Crippen LogP contribution in [-0.2, 0) is 0 Å². The Morgan fingerprint density at radius 2 is 2.03 bits per heavy atom. The minimum absolute atomic E-state index is 0.0982. The van der Waals surface area contributed by atoms with E-state index in [1.807, 2.05) is 0 Å². The lowest BCUT2D eigenvalue weighted by Crippen LogP contribution is -2.44. The summed E-state index contributed by atoms with van der Waals surface area (Å²) >= 11 is 12.3. The van der Waals surface area contributed by atoms with E-state index < -0.39 is 11.9 Å². The average molecular weight is 469 g/mol. The van der Waals surface area contributed by atoms with Crippen LogP contribution >= 0.6 is 23.2 Å². The van der Waals surface area contributed by atoms with Gasteiger partial charge in [0.2, 0.25) is 0 Å². The van der Waals surface area contributed by atoms with Crippen molar-refractivity contribution in [3.8, 4) is 5.75 Å². The number of nitrogens with two attached hydrogens (primary N) is 3. The van der Waals surface area contributed by atoms with Crippen molar-refractivity contribution in [2.45, 2.75) is 31.9 Å². The smallest absolute Gasteiger partial charge is 0.166 e. The van der Waals surface area contributed by atoms with Crippen molar-refractivity contribution in [3.63, 3.8) is 0 Å². The third kappa shape index (κ3) is 5.51. The molecule has 0 saturated carbocycles. The Morgan fingerprint density at radius 1 is 1.35 bits per heavy atom. The molecule has 31 heavy (non-hydrogen) atoms. The summed E-state index contributed by atoms with van der Waals surface area (Å²) in [6, 6.07) is 4.50. The lowest BCUT2D eigenvalue weighted by Gasteiger charge is -2.34. The molecule has 168 valence electrons. The summed E-state index contributed by atoms with van der Waals surface area (Å²) in [5.41, 5.74) is 13.6. The molecule has 0 aliphatic carbocycles. The number of rotatable bonds is 6. The summed E-state index contributed by atoms with van der Waals surface area (Å²) in [6.07, 6.45) is 4.47. The molecule has 2 heterocycles. The Bertz CT molecular complexity index is 965. The van der Waals surface area contributed by atoms with Gasteiger partial charge in [-0.15, -0.1) is 0 Å². The molecule has 1 saturated heterocycles. The third-order valence-corrected chi connectivity index (χ3v) is 6.12. The van der Waals surface area contributed by atoms with Crippen LogP contribution in [0.15, 0.2) is 30.6 Å². The fraction of sp³-hybridized carbons (Fsp3) is 0.381. The highest BCUT2D eigenvalue weighted by atomic mass is 35.5. The third-order valence-electron chi connectivity index (χ3n) is 5.40. The fourth-order valence-corrected chi connectivity index (χ4v) is 4.18. The van der Waals surface area contributed by atoms with Crippen LogP contribution in [0.5, 0.6) is 5.75 Å². The Labute approximate surface area is 191 Å². The number of benzene rings is 1. The number of hydrogen-bond donors (Lipinski definition) is 3. The van der Waals surface area contributed by atoms with E-state index in [9.17, 15) is 4.39 Å². The number of piperidine rings is 1. The number of halogens is 3. The van der Waals surface area contributed by atoms with Crippen molar-refractivity contribution in [2.24, 2.45) is 11.6 Å². The number of anilines is 1. The van der Waals surface area contributed by atoms with Gasteiger partial charge in [0.15, 0.2) is 11.6 Å². The van der Waals surface area contributed by atoms with Gasteiger partial charge in [-0.3, -0.25) is 0 Å². The first kappa shape index (κ1) is 23.4. The molecular weight excluding hydrogens is 442 g/mol. The van der Waals surface area contributed by atoms with Crippen molar-refractivity contribution >= 4 is 34.7 Å². The molecule has 7 nitrogen and oxygen atoms in total. The molecule has 0 bridgehead atoms. The van der Waals surface area contributed by atoms with Crippen molar-refractivity contribution in [1.82, 2.24) is 14.9 Å². The van der Waals surface area contributed by atoms with Gasteiger partial charge in [-0.25, -0.2) is 15.2 Å². The van der Waals surface area contributed by atoms with Gasteiger partial charge in [-0.05, 0) is 58.1 Å². The van der Waals surface area contributed by atoms with Crippen molar-refractivity contribution in [2.75, 3.05) is 25.9 Å². The SMILES string of the molecule is CC(Oc1cc(/C(N)=C/N(N)C2CCN(C)CC2)cnc1N)c1c(Cl)ccc(F)c1Cl. The number of aromatic nitrogens is 1. The summed E-state index contributed by atoms with van der Waals surface area (Å²) in [4.78, 5) is 6.43. The first-order valence-corrected chi connectivity index (χ1v) is 10.7. The topological polar surface area (TPSA) is 107 Å². The van der Waals surface area contributed by atoms with E-state index in [0.717, 1.165) is 25.9 Å². The fourth-order valence-electron chi connectivity index (χ4n) is 3.51. The van der Waals surface area contributed by atoms with Gasteiger partial charge in [0, 0.05) is 34.6 Å². The highest BCUT2D eigenvalue weighted by Gasteiger charge is 2.21. The minimum atomic E-state index is -0.675. The number of ether oxygens (including phenoxy) is 1. The van der Waals surface area contributed by atoms with Crippen LogP contribution < -0.4 is 22.0 Å². The van der Waals surface area contributed by atoms with Crippen LogP contribution in [0.1, 0.15) is 37.0 Å². The van der Waals surface area contributed by atoms with Gasteiger partial charge >= 0.3 is 0 Å². The van der Waals surface area contributed by atoms with Gasteiger partial charge in [-0.2, -0.15) is 0 Å². The zero-order chi connectivity index (χ0) is 22.7. The Balaban J connectivity index is 1.79. The second kappa shape index (κ2) is 9.91. The molecule has 1 aliphatic heterocycles. The molecule has 1 atom stereocenters. The Kier molecular flexibility index (Phi) is 7.48. The quantitative estimate of drug-likeness (QED) is 0.336. The van der Waals surface area contributed by atoms with E-state index in [1.165, 1.54) is 12.1 Å². The summed E-state index contributed by atoms with van der Waals surface area (Å²) in [5.74, 6) is 6.08. The van der Waals surface area contributed by atoms with Crippen LogP contribution in [-0.4, -0.2) is 41.1 Å². The van der Waals surface area contributed by atoms with Crippen molar-refractivity contribution in [1.29, 1.82) is 0 Å². The molecule has 0 spiro atoms. The van der Waals surface area contributed by atoms with E-state index in [0.29, 0.717) is 16.8 Å². The van der Waals surface area contributed by atoms with Crippen molar-refractivity contribution in [3.05, 3.63) is 57.6 Å². The summed E-state index contributed by atoms with van der Waals surface area (Å²) < 4.78 is 19.8. The number of hydrazine groups is 1. The zero-order valence-electron chi connectivity index (χ0n) is 17.5. The van der Waals surface area contributed by atoms with Crippen molar-refractivity contribution < 1.29 is 9.13 Å². The number of hydrogen-bond acceptors (Lipinski definition) is 7. The largest absolute Gasteiger partial charge is 0.482 e. The maximum absolute atomic E-state index is 13.9. The molecular formula is C21H27Cl2FN6O. The summed E-state index contributed by atoms with van der Waals surface area (Å²) in [6.45, 7) is 3.66. The van der Waals surface area contributed by atoms with Gasteiger partial charge in [-0.1, -0.05) is 23.2 Å². The number of pyridine rings is 1. The second-order valence-corrected chi connectivity index (χ2v) is 8.48. The predicted octanol–water partition coefficient (Wildman–Crippen LogP) is 3.78. The highest BCUT2D eigenvalue weighted by Crippen LogP contribution is 2.36. The molecule has 3 rings (SSSR count). The molecule has 1 aromatic carbocycles. The van der Waals surface area contributed by atoms with Gasteiger partial charge in [0.1, 0.15) is 11.9 Å². The van der Waals surface area contributed by atoms with E-state index in [-0.39, 0.29) is 27.7 Å². The molecule has 1 fully saturated rings. The molecule has 2 aromatic rings. The second-order valence-electron chi connectivity index (χ2n) is 7.69. The van der Waals surface area contributed by atoms with E-state index in [4.69, 9.17) is 45.2 Å². The standard InChI is InChI=1S/C21H27Cl2FN6O/c1-12(19-15(22)3-4-16(24)20(19)23)31-18-9-13(10-28-21(18)26)17(25)11-30(27)14-5-7-29(2)8-6-14/h3-4,9-12,14H,5-8,25,27H2,1-2H3,(H2,26,28)/b17-11-. The maximum atomic E-state index is 13.9. The lowest BCUT2D eigenvalue weighted by molar-refractivity contribution is 0.162.